The third-order valence-electron chi connectivity index (χ3n) is 5.19. The number of piperidine rings is 1. The molecule has 0 unspecified atom stereocenters. The second-order valence-corrected chi connectivity index (χ2v) is 7.75. The molecule has 1 aliphatic heterocycles. The number of aryl methyl sites for hydroxylation is 2. The number of rotatable bonds is 5. The van der Waals surface area contributed by atoms with Crippen molar-refractivity contribution < 1.29 is 9.53 Å². The molecule has 4 rings (SSSR count). The maximum Gasteiger partial charge on any atom is 0.263 e. The molecule has 2 heterocycles. The van der Waals surface area contributed by atoms with E-state index in [0.717, 1.165) is 36.2 Å². The van der Waals surface area contributed by atoms with Crippen molar-refractivity contribution in [1.29, 1.82) is 0 Å². The van der Waals surface area contributed by atoms with Crippen molar-refractivity contribution >= 4 is 17.4 Å². The van der Waals surface area contributed by atoms with Crippen LogP contribution in [0.3, 0.4) is 0 Å². The number of para-hydroxylation sites is 1. The largest absolute Gasteiger partial charge is 0.436 e. The summed E-state index contributed by atoms with van der Waals surface area (Å²) in [6.45, 7) is 5.47. The molecule has 6 heteroatoms. The zero-order valence-electron chi connectivity index (χ0n) is 17.3. The van der Waals surface area contributed by atoms with Gasteiger partial charge in [0.05, 0.1) is 5.92 Å². The number of nitrogens with one attached hydrogen (secondary N) is 1. The number of ether oxygens (including phenoxy) is 1. The summed E-state index contributed by atoms with van der Waals surface area (Å²) in [6.07, 6.45) is 5.04. The summed E-state index contributed by atoms with van der Waals surface area (Å²) in [5.41, 5.74) is 3.12. The third kappa shape index (κ3) is 4.76. The van der Waals surface area contributed by atoms with Gasteiger partial charge in [-0.2, -0.15) is 0 Å². The van der Waals surface area contributed by atoms with E-state index in [4.69, 9.17) is 4.74 Å². The molecule has 6 nitrogen and oxygen atoms in total. The van der Waals surface area contributed by atoms with Gasteiger partial charge in [0, 0.05) is 31.2 Å². The van der Waals surface area contributed by atoms with Crippen LogP contribution in [0.2, 0.25) is 0 Å². The minimum atomic E-state index is -0.119. The smallest absolute Gasteiger partial charge is 0.263 e. The summed E-state index contributed by atoms with van der Waals surface area (Å²) in [5, 5.41) is 3.09. The van der Waals surface area contributed by atoms with Gasteiger partial charge in [-0.25, -0.2) is 9.97 Å². The number of hydrogen-bond donors (Lipinski definition) is 1. The lowest BCUT2D eigenvalue weighted by Gasteiger charge is -2.33. The lowest BCUT2D eigenvalue weighted by Crippen LogP contribution is -2.41. The van der Waals surface area contributed by atoms with Gasteiger partial charge in [0.2, 0.25) is 5.91 Å². The zero-order chi connectivity index (χ0) is 20.9. The molecule has 3 aromatic rings. The van der Waals surface area contributed by atoms with E-state index in [1.807, 2.05) is 56.3 Å². The van der Waals surface area contributed by atoms with E-state index < -0.39 is 0 Å². The molecule has 1 N–H and O–H groups in total. The maximum atomic E-state index is 12.9. The average molecular weight is 402 g/mol. The maximum absolute atomic E-state index is 12.9. The standard InChI is InChI=1S/C24H26N4O2/c1-17-13-18(2)15-20(14-17)27-23(29)19-7-6-12-28(16-19)22-24(26-11-10-25-22)30-21-8-4-3-5-9-21/h3-5,8-11,13-15,19H,6-7,12,16H2,1-2H3,(H,27,29)/t19-/m0/s1. The van der Waals surface area contributed by atoms with Crippen LogP contribution in [0.5, 0.6) is 11.6 Å². The molecule has 1 amide bonds. The Balaban J connectivity index is 1.48. The molecule has 0 spiro atoms. The molecule has 0 saturated carbocycles. The summed E-state index contributed by atoms with van der Waals surface area (Å²) in [7, 11) is 0. The topological polar surface area (TPSA) is 67.4 Å². The quantitative estimate of drug-likeness (QED) is 0.668. The number of nitrogens with zero attached hydrogens (tertiary/aromatic N) is 3. The number of amides is 1. The van der Waals surface area contributed by atoms with E-state index in [2.05, 4.69) is 26.3 Å². The van der Waals surface area contributed by atoms with E-state index in [9.17, 15) is 4.79 Å². The highest BCUT2D eigenvalue weighted by molar-refractivity contribution is 5.93. The molecule has 1 aromatic heterocycles. The van der Waals surface area contributed by atoms with Crippen molar-refractivity contribution in [1.82, 2.24) is 9.97 Å². The monoisotopic (exact) mass is 402 g/mol. The number of aromatic nitrogens is 2. The second kappa shape index (κ2) is 8.95. The molecular formula is C24H26N4O2. The first-order valence-corrected chi connectivity index (χ1v) is 10.3. The number of carbonyl (C=O) groups is 1. The Hall–Kier alpha value is -3.41. The Morgan fingerprint density at radius 2 is 1.80 bits per heavy atom. The fraction of sp³-hybridized carbons (Fsp3) is 0.292. The molecule has 1 saturated heterocycles. The molecule has 0 radical (unpaired) electrons. The molecule has 154 valence electrons. The summed E-state index contributed by atoms with van der Waals surface area (Å²) >= 11 is 0. The van der Waals surface area contributed by atoms with Crippen molar-refractivity contribution in [2.45, 2.75) is 26.7 Å². The van der Waals surface area contributed by atoms with Crippen LogP contribution in [-0.4, -0.2) is 29.0 Å². The fourth-order valence-electron chi connectivity index (χ4n) is 3.88. The highest BCUT2D eigenvalue weighted by Crippen LogP contribution is 2.31. The van der Waals surface area contributed by atoms with Gasteiger partial charge in [-0.1, -0.05) is 24.3 Å². The van der Waals surface area contributed by atoms with Crippen LogP contribution in [-0.2, 0) is 4.79 Å². The zero-order valence-corrected chi connectivity index (χ0v) is 17.3. The lowest BCUT2D eigenvalue weighted by molar-refractivity contribution is -0.120. The van der Waals surface area contributed by atoms with Crippen molar-refractivity contribution in [3.63, 3.8) is 0 Å². The number of hydrogen-bond acceptors (Lipinski definition) is 5. The Morgan fingerprint density at radius 1 is 1.07 bits per heavy atom. The Labute approximate surface area is 176 Å². The Kier molecular flexibility index (Phi) is 5.93. The van der Waals surface area contributed by atoms with Gasteiger partial charge in [0.15, 0.2) is 5.82 Å². The fourth-order valence-corrected chi connectivity index (χ4v) is 3.88. The first kappa shape index (κ1) is 19.9. The van der Waals surface area contributed by atoms with Crippen LogP contribution in [0.1, 0.15) is 24.0 Å². The van der Waals surface area contributed by atoms with Gasteiger partial charge in [0.1, 0.15) is 5.75 Å². The van der Waals surface area contributed by atoms with E-state index in [1.54, 1.807) is 12.4 Å². The summed E-state index contributed by atoms with van der Waals surface area (Å²) in [6, 6.07) is 15.6. The minimum absolute atomic E-state index is 0.0409. The third-order valence-corrected chi connectivity index (χ3v) is 5.19. The molecule has 30 heavy (non-hydrogen) atoms. The normalized spacial score (nSPS) is 16.2. The number of carbonyl (C=O) groups excluding carboxylic acids is 1. The molecular weight excluding hydrogens is 376 g/mol. The van der Waals surface area contributed by atoms with Crippen LogP contribution >= 0.6 is 0 Å². The molecule has 1 fully saturated rings. The molecule has 1 atom stereocenters. The molecule has 0 aliphatic carbocycles. The predicted molar refractivity (Wildman–Crippen MR) is 118 cm³/mol. The summed E-state index contributed by atoms with van der Waals surface area (Å²) in [4.78, 5) is 23.9. The van der Waals surface area contributed by atoms with Crippen LogP contribution in [0.25, 0.3) is 0 Å². The summed E-state index contributed by atoms with van der Waals surface area (Å²) in [5.74, 6) is 1.76. The van der Waals surface area contributed by atoms with Crippen molar-refractivity contribution in [3.05, 3.63) is 72.1 Å². The number of anilines is 2. The SMILES string of the molecule is Cc1cc(C)cc(NC(=O)[C@H]2CCCN(c3nccnc3Oc3ccccc3)C2)c1. The van der Waals surface area contributed by atoms with Gasteiger partial charge in [-0.05, 0) is 62.1 Å². The average Bonchev–Trinajstić information content (AvgIpc) is 2.74. The molecule has 2 aromatic carbocycles. The van der Waals surface area contributed by atoms with Gasteiger partial charge in [-0.3, -0.25) is 4.79 Å². The highest BCUT2D eigenvalue weighted by Gasteiger charge is 2.28. The van der Waals surface area contributed by atoms with Gasteiger partial charge in [0.25, 0.3) is 5.88 Å². The van der Waals surface area contributed by atoms with Crippen molar-refractivity contribution in [3.8, 4) is 11.6 Å². The van der Waals surface area contributed by atoms with Crippen LogP contribution < -0.4 is 15.0 Å². The minimum Gasteiger partial charge on any atom is -0.436 e. The van der Waals surface area contributed by atoms with E-state index in [0.29, 0.717) is 24.0 Å². The van der Waals surface area contributed by atoms with Crippen molar-refractivity contribution in [2.75, 3.05) is 23.3 Å². The highest BCUT2D eigenvalue weighted by atomic mass is 16.5. The number of benzene rings is 2. The Bertz CT molecular complexity index is 1000. The second-order valence-electron chi connectivity index (χ2n) is 7.75. The van der Waals surface area contributed by atoms with Crippen molar-refractivity contribution in [2.24, 2.45) is 5.92 Å². The predicted octanol–water partition coefficient (Wildman–Crippen LogP) is 4.74. The van der Waals surface area contributed by atoms with Gasteiger partial charge < -0.3 is 15.0 Å². The first-order chi connectivity index (χ1) is 14.6. The van der Waals surface area contributed by atoms with E-state index in [1.165, 1.54) is 0 Å². The van der Waals surface area contributed by atoms with Crippen LogP contribution in [0, 0.1) is 19.8 Å². The first-order valence-electron chi connectivity index (χ1n) is 10.3. The van der Waals surface area contributed by atoms with E-state index >= 15 is 0 Å². The van der Waals surface area contributed by atoms with E-state index in [-0.39, 0.29) is 11.8 Å². The molecule has 0 bridgehead atoms. The van der Waals surface area contributed by atoms with Gasteiger partial charge in [-0.15, -0.1) is 0 Å². The summed E-state index contributed by atoms with van der Waals surface area (Å²) < 4.78 is 5.96. The van der Waals surface area contributed by atoms with Crippen LogP contribution in [0.15, 0.2) is 60.9 Å². The lowest BCUT2D eigenvalue weighted by atomic mass is 9.97. The Morgan fingerprint density at radius 3 is 2.57 bits per heavy atom. The van der Waals surface area contributed by atoms with Crippen LogP contribution in [0.4, 0.5) is 11.5 Å². The molecule has 1 aliphatic rings. The van der Waals surface area contributed by atoms with Gasteiger partial charge >= 0.3 is 0 Å².